The van der Waals surface area contributed by atoms with E-state index < -0.39 is 0 Å². The molecule has 6 nitrogen and oxygen atoms in total. The van der Waals surface area contributed by atoms with E-state index in [2.05, 4.69) is 15.5 Å². The van der Waals surface area contributed by atoms with E-state index in [9.17, 15) is 9.59 Å². The quantitative estimate of drug-likeness (QED) is 0.836. The molecular formula is C17H25N3O3. The number of rotatable bonds is 6. The maximum absolute atomic E-state index is 12.1. The van der Waals surface area contributed by atoms with Crippen LogP contribution in [0.4, 0.5) is 11.4 Å². The average Bonchev–Trinajstić information content (AvgIpc) is 2.54. The molecule has 1 saturated heterocycles. The van der Waals surface area contributed by atoms with Crippen LogP contribution < -0.4 is 15.5 Å². The van der Waals surface area contributed by atoms with E-state index in [1.807, 2.05) is 38.1 Å². The van der Waals surface area contributed by atoms with Crippen LogP contribution in [0.3, 0.4) is 0 Å². The van der Waals surface area contributed by atoms with Crippen molar-refractivity contribution in [1.29, 1.82) is 0 Å². The van der Waals surface area contributed by atoms with Gasteiger partial charge in [-0.1, -0.05) is 26.0 Å². The number of carbonyl (C=O) groups is 2. The molecule has 0 spiro atoms. The lowest BCUT2D eigenvalue weighted by molar-refractivity contribution is -0.124. The molecule has 6 heteroatoms. The zero-order chi connectivity index (χ0) is 16.7. The van der Waals surface area contributed by atoms with Crippen molar-refractivity contribution in [2.24, 2.45) is 5.92 Å². The Balaban J connectivity index is 1.91. The standard InChI is InChI=1S/C17H25N3O3/c1-13(2)11-16(21)18-12-17(22)19-14-5-3-4-6-15(14)20-7-9-23-10-8-20/h3-6,13H,7-12H2,1-2H3,(H,18,21)(H,19,22). The summed E-state index contributed by atoms with van der Waals surface area (Å²) in [6.07, 6.45) is 0.428. The van der Waals surface area contributed by atoms with Crippen molar-refractivity contribution in [1.82, 2.24) is 5.32 Å². The predicted octanol–water partition coefficient (Wildman–Crippen LogP) is 1.62. The van der Waals surface area contributed by atoms with Gasteiger partial charge in [-0.05, 0) is 18.1 Å². The van der Waals surface area contributed by atoms with E-state index in [-0.39, 0.29) is 24.3 Å². The molecule has 0 atom stereocenters. The summed E-state index contributed by atoms with van der Waals surface area (Å²) < 4.78 is 5.36. The minimum absolute atomic E-state index is 0.0109. The zero-order valence-electron chi connectivity index (χ0n) is 13.8. The van der Waals surface area contributed by atoms with Crippen LogP contribution in [0.1, 0.15) is 20.3 Å². The van der Waals surface area contributed by atoms with Gasteiger partial charge in [0.25, 0.3) is 0 Å². The Morgan fingerprint density at radius 2 is 1.87 bits per heavy atom. The second kappa shape index (κ2) is 8.53. The number of nitrogens with zero attached hydrogens (tertiary/aromatic N) is 1. The molecule has 2 N–H and O–H groups in total. The maximum Gasteiger partial charge on any atom is 0.243 e. The van der Waals surface area contributed by atoms with Crippen molar-refractivity contribution >= 4 is 23.2 Å². The van der Waals surface area contributed by atoms with E-state index in [0.717, 1.165) is 24.5 Å². The van der Waals surface area contributed by atoms with Crippen LogP contribution >= 0.6 is 0 Å². The second-order valence-electron chi connectivity index (χ2n) is 6.04. The summed E-state index contributed by atoms with van der Waals surface area (Å²) in [4.78, 5) is 25.9. The molecule has 2 amide bonds. The first-order chi connectivity index (χ1) is 11.1. The van der Waals surface area contributed by atoms with Crippen LogP contribution in [0.25, 0.3) is 0 Å². The number of amides is 2. The summed E-state index contributed by atoms with van der Waals surface area (Å²) in [5, 5.41) is 5.53. The SMILES string of the molecule is CC(C)CC(=O)NCC(=O)Nc1ccccc1N1CCOCC1. The van der Waals surface area contributed by atoms with Gasteiger partial charge >= 0.3 is 0 Å². The van der Waals surface area contributed by atoms with Crippen molar-refractivity contribution in [3.63, 3.8) is 0 Å². The fraction of sp³-hybridized carbons (Fsp3) is 0.529. The summed E-state index contributed by atoms with van der Waals surface area (Å²) in [6, 6.07) is 7.69. The third kappa shape index (κ3) is 5.56. The fourth-order valence-corrected chi connectivity index (χ4v) is 2.48. The summed E-state index contributed by atoms with van der Waals surface area (Å²) in [7, 11) is 0. The molecule has 0 aromatic heterocycles. The topological polar surface area (TPSA) is 70.7 Å². The van der Waals surface area contributed by atoms with Crippen LogP contribution in [-0.4, -0.2) is 44.7 Å². The highest BCUT2D eigenvalue weighted by Gasteiger charge is 2.16. The highest BCUT2D eigenvalue weighted by Crippen LogP contribution is 2.26. The van der Waals surface area contributed by atoms with Gasteiger partial charge in [-0.15, -0.1) is 0 Å². The maximum atomic E-state index is 12.1. The van der Waals surface area contributed by atoms with Gasteiger partial charge in [0.15, 0.2) is 0 Å². The molecule has 1 aliphatic heterocycles. The first-order valence-electron chi connectivity index (χ1n) is 8.04. The van der Waals surface area contributed by atoms with Crippen LogP contribution in [0.2, 0.25) is 0 Å². The first-order valence-corrected chi connectivity index (χ1v) is 8.04. The van der Waals surface area contributed by atoms with Gasteiger partial charge in [-0.2, -0.15) is 0 Å². The van der Waals surface area contributed by atoms with Crippen molar-refractivity contribution in [2.75, 3.05) is 43.1 Å². The number of ether oxygens (including phenoxy) is 1. The Hall–Kier alpha value is -2.08. The molecular weight excluding hydrogens is 294 g/mol. The Kier molecular flexibility index (Phi) is 6.40. The van der Waals surface area contributed by atoms with Crippen molar-refractivity contribution in [3.05, 3.63) is 24.3 Å². The lowest BCUT2D eigenvalue weighted by Crippen LogP contribution is -2.37. The highest BCUT2D eigenvalue weighted by molar-refractivity contribution is 5.97. The largest absolute Gasteiger partial charge is 0.378 e. The third-order valence-corrected chi connectivity index (χ3v) is 3.57. The van der Waals surface area contributed by atoms with Crippen molar-refractivity contribution in [2.45, 2.75) is 20.3 Å². The molecule has 1 aliphatic rings. The van der Waals surface area contributed by atoms with Gasteiger partial charge in [-0.3, -0.25) is 9.59 Å². The lowest BCUT2D eigenvalue weighted by Gasteiger charge is -2.30. The average molecular weight is 319 g/mol. The number of anilines is 2. The number of morpholine rings is 1. The molecule has 1 aromatic rings. The van der Waals surface area contributed by atoms with Crippen LogP contribution in [-0.2, 0) is 14.3 Å². The van der Waals surface area contributed by atoms with E-state index in [0.29, 0.717) is 19.6 Å². The summed E-state index contributed by atoms with van der Waals surface area (Å²) >= 11 is 0. The number of para-hydroxylation sites is 2. The lowest BCUT2D eigenvalue weighted by atomic mass is 10.1. The van der Waals surface area contributed by atoms with Gasteiger partial charge in [0.05, 0.1) is 31.1 Å². The number of nitrogens with one attached hydrogen (secondary N) is 2. The highest BCUT2D eigenvalue weighted by atomic mass is 16.5. The number of hydrogen-bond donors (Lipinski definition) is 2. The second-order valence-corrected chi connectivity index (χ2v) is 6.04. The normalized spacial score (nSPS) is 14.7. The molecule has 1 fully saturated rings. The Morgan fingerprint density at radius 1 is 1.17 bits per heavy atom. The summed E-state index contributed by atoms with van der Waals surface area (Å²) in [5.41, 5.74) is 1.75. The monoisotopic (exact) mass is 319 g/mol. The molecule has 0 radical (unpaired) electrons. The Labute approximate surface area is 137 Å². The molecule has 0 unspecified atom stereocenters. The van der Waals surface area contributed by atoms with E-state index in [1.165, 1.54) is 0 Å². The molecule has 1 aromatic carbocycles. The number of benzene rings is 1. The number of carbonyl (C=O) groups excluding carboxylic acids is 2. The van der Waals surface area contributed by atoms with E-state index >= 15 is 0 Å². The van der Waals surface area contributed by atoms with E-state index in [4.69, 9.17) is 4.74 Å². The van der Waals surface area contributed by atoms with Crippen LogP contribution in [0.15, 0.2) is 24.3 Å². The first kappa shape index (κ1) is 17.3. The Morgan fingerprint density at radius 3 is 2.57 bits per heavy atom. The van der Waals surface area contributed by atoms with Crippen LogP contribution in [0.5, 0.6) is 0 Å². The van der Waals surface area contributed by atoms with Crippen molar-refractivity contribution < 1.29 is 14.3 Å². The Bertz CT molecular complexity index is 540. The molecule has 1 heterocycles. The molecule has 0 bridgehead atoms. The minimum atomic E-state index is -0.220. The predicted molar refractivity (Wildman–Crippen MR) is 90.6 cm³/mol. The molecule has 23 heavy (non-hydrogen) atoms. The fourth-order valence-electron chi connectivity index (χ4n) is 2.48. The number of hydrogen-bond acceptors (Lipinski definition) is 4. The molecule has 2 rings (SSSR count). The van der Waals surface area contributed by atoms with Gasteiger partial charge < -0.3 is 20.3 Å². The van der Waals surface area contributed by atoms with Gasteiger partial charge in [-0.25, -0.2) is 0 Å². The molecule has 0 aliphatic carbocycles. The summed E-state index contributed by atoms with van der Waals surface area (Å²) in [6.45, 7) is 6.91. The minimum Gasteiger partial charge on any atom is -0.378 e. The van der Waals surface area contributed by atoms with Crippen LogP contribution in [0, 0.1) is 5.92 Å². The summed E-state index contributed by atoms with van der Waals surface area (Å²) in [5.74, 6) is -0.0421. The molecule has 126 valence electrons. The van der Waals surface area contributed by atoms with Gasteiger partial charge in [0, 0.05) is 19.5 Å². The van der Waals surface area contributed by atoms with Gasteiger partial charge in [0.2, 0.25) is 11.8 Å². The third-order valence-electron chi connectivity index (χ3n) is 3.57. The van der Waals surface area contributed by atoms with Gasteiger partial charge in [0.1, 0.15) is 0 Å². The zero-order valence-corrected chi connectivity index (χ0v) is 13.8. The smallest absolute Gasteiger partial charge is 0.243 e. The molecule has 0 saturated carbocycles. The van der Waals surface area contributed by atoms with E-state index in [1.54, 1.807) is 0 Å². The van der Waals surface area contributed by atoms with Crippen molar-refractivity contribution in [3.8, 4) is 0 Å².